The third-order valence-corrected chi connectivity index (χ3v) is 4.33. The molecule has 0 aromatic carbocycles. The maximum Gasteiger partial charge on any atom is 0.225 e. The van der Waals surface area contributed by atoms with E-state index in [1.54, 1.807) is 7.05 Å². The molecule has 0 aliphatic rings. The SMILES string of the molecule is CCc1ccc(CNC(=NC)NCCNC(=O)C(C)(C)C)s1. The highest BCUT2D eigenvalue weighted by molar-refractivity contribution is 7.11. The van der Waals surface area contributed by atoms with E-state index in [1.165, 1.54) is 9.75 Å². The molecular weight excluding hydrogens is 296 g/mol. The van der Waals surface area contributed by atoms with Crippen LogP contribution < -0.4 is 16.0 Å². The second kappa shape index (κ2) is 8.78. The third-order valence-electron chi connectivity index (χ3n) is 3.10. The van der Waals surface area contributed by atoms with Gasteiger partial charge in [-0.15, -0.1) is 11.3 Å². The van der Waals surface area contributed by atoms with E-state index in [0.29, 0.717) is 13.1 Å². The lowest BCUT2D eigenvalue weighted by Crippen LogP contribution is -2.43. The fourth-order valence-corrected chi connectivity index (χ4v) is 2.62. The molecule has 3 N–H and O–H groups in total. The van der Waals surface area contributed by atoms with Crippen molar-refractivity contribution in [2.24, 2.45) is 10.4 Å². The number of rotatable bonds is 6. The molecule has 0 atom stereocenters. The number of hydrogen-bond donors (Lipinski definition) is 3. The molecule has 1 heterocycles. The Morgan fingerprint density at radius 2 is 1.77 bits per heavy atom. The van der Waals surface area contributed by atoms with E-state index in [9.17, 15) is 4.79 Å². The number of nitrogens with one attached hydrogen (secondary N) is 3. The lowest BCUT2D eigenvalue weighted by Gasteiger charge is -2.18. The maximum absolute atomic E-state index is 11.7. The molecule has 0 spiro atoms. The van der Waals surface area contributed by atoms with Crippen LogP contribution in [0.25, 0.3) is 0 Å². The van der Waals surface area contributed by atoms with Gasteiger partial charge in [-0.25, -0.2) is 0 Å². The molecule has 1 rings (SSSR count). The smallest absolute Gasteiger partial charge is 0.225 e. The van der Waals surface area contributed by atoms with Gasteiger partial charge in [0.25, 0.3) is 0 Å². The van der Waals surface area contributed by atoms with Crippen LogP contribution in [0, 0.1) is 5.41 Å². The minimum absolute atomic E-state index is 0.0583. The predicted molar refractivity (Wildman–Crippen MR) is 94.4 cm³/mol. The lowest BCUT2D eigenvalue weighted by atomic mass is 9.96. The van der Waals surface area contributed by atoms with Gasteiger partial charge < -0.3 is 16.0 Å². The van der Waals surface area contributed by atoms with E-state index in [1.807, 2.05) is 32.1 Å². The van der Waals surface area contributed by atoms with Gasteiger partial charge >= 0.3 is 0 Å². The van der Waals surface area contributed by atoms with E-state index >= 15 is 0 Å². The molecule has 0 radical (unpaired) electrons. The van der Waals surface area contributed by atoms with Gasteiger partial charge in [0, 0.05) is 35.3 Å². The fourth-order valence-electron chi connectivity index (χ4n) is 1.72. The molecule has 0 saturated heterocycles. The van der Waals surface area contributed by atoms with Gasteiger partial charge in [-0.3, -0.25) is 9.79 Å². The number of nitrogens with zero attached hydrogens (tertiary/aromatic N) is 1. The molecule has 124 valence electrons. The second-order valence-corrected chi connectivity index (χ2v) is 7.33. The Morgan fingerprint density at radius 3 is 2.32 bits per heavy atom. The zero-order chi connectivity index (χ0) is 16.6. The van der Waals surface area contributed by atoms with Crippen molar-refractivity contribution < 1.29 is 4.79 Å². The number of thiophene rings is 1. The molecule has 5 nitrogen and oxygen atoms in total. The van der Waals surface area contributed by atoms with Crippen LogP contribution in [0.5, 0.6) is 0 Å². The van der Waals surface area contributed by atoms with Crippen LogP contribution in [0.1, 0.15) is 37.4 Å². The molecular formula is C16H28N4OS. The van der Waals surface area contributed by atoms with Crippen LogP contribution >= 0.6 is 11.3 Å². The number of carbonyl (C=O) groups excluding carboxylic acids is 1. The Kier molecular flexibility index (Phi) is 7.38. The molecule has 1 amide bonds. The van der Waals surface area contributed by atoms with Gasteiger partial charge in [-0.2, -0.15) is 0 Å². The normalized spacial score (nSPS) is 12.1. The van der Waals surface area contributed by atoms with E-state index < -0.39 is 0 Å². The number of amides is 1. The molecule has 1 aromatic rings. The Balaban J connectivity index is 2.27. The third kappa shape index (κ3) is 6.47. The largest absolute Gasteiger partial charge is 0.355 e. The van der Waals surface area contributed by atoms with Gasteiger partial charge in [-0.05, 0) is 18.6 Å². The average Bonchev–Trinajstić information content (AvgIpc) is 2.93. The Bertz CT molecular complexity index is 502. The monoisotopic (exact) mass is 324 g/mol. The zero-order valence-corrected chi connectivity index (χ0v) is 15.1. The topological polar surface area (TPSA) is 65.5 Å². The van der Waals surface area contributed by atoms with Gasteiger partial charge in [0.1, 0.15) is 0 Å². The van der Waals surface area contributed by atoms with Crippen molar-refractivity contribution in [2.45, 2.75) is 40.7 Å². The predicted octanol–water partition coefficient (Wildman–Crippen LogP) is 2.14. The molecule has 6 heteroatoms. The molecule has 0 saturated carbocycles. The highest BCUT2D eigenvalue weighted by Crippen LogP contribution is 2.16. The van der Waals surface area contributed by atoms with Crippen molar-refractivity contribution in [3.8, 4) is 0 Å². The lowest BCUT2D eigenvalue weighted by molar-refractivity contribution is -0.128. The fraction of sp³-hybridized carbons (Fsp3) is 0.625. The molecule has 0 bridgehead atoms. The van der Waals surface area contributed by atoms with Gasteiger partial charge in [-0.1, -0.05) is 27.7 Å². The molecule has 1 aromatic heterocycles. The Morgan fingerprint density at radius 1 is 1.14 bits per heavy atom. The highest BCUT2D eigenvalue weighted by Gasteiger charge is 2.20. The molecule has 0 unspecified atom stereocenters. The van der Waals surface area contributed by atoms with Crippen LogP contribution in [0.2, 0.25) is 0 Å². The van der Waals surface area contributed by atoms with Crippen LogP contribution in [0.15, 0.2) is 17.1 Å². The molecule has 0 aliphatic carbocycles. The minimum atomic E-state index is -0.351. The van der Waals surface area contributed by atoms with E-state index in [0.717, 1.165) is 18.9 Å². The number of carbonyl (C=O) groups is 1. The van der Waals surface area contributed by atoms with Gasteiger partial charge in [0.05, 0.1) is 6.54 Å². The molecule has 0 aliphatic heterocycles. The summed E-state index contributed by atoms with van der Waals surface area (Å²) in [5, 5.41) is 9.38. The quantitative estimate of drug-likeness (QED) is 0.427. The first kappa shape index (κ1) is 18.5. The van der Waals surface area contributed by atoms with Crippen molar-refractivity contribution in [2.75, 3.05) is 20.1 Å². The number of aryl methyl sites for hydroxylation is 1. The summed E-state index contributed by atoms with van der Waals surface area (Å²) in [6, 6.07) is 4.31. The number of guanidine groups is 1. The minimum Gasteiger partial charge on any atom is -0.355 e. The van der Waals surface area contributed by atoms with Gasteiger partial charge in [0.15, 0.2) is 5.96 Å². The highest BCUT2D eigenvalue weighted by atomic mass is 32.1. The van der Waals surface area contributed by atoms with E-state index in [4.69, 9.17) is 0 Å². The number of aliphatic imine (C=N–C) groups is 1. The van der Waals surface area contributed by atoms with Crippen molar-refractivity contribution in [1.82, 2.24) is 16.0 Å². The summed E-state index contributed by atoms with van der Waals surface area (Å²) in [4.78, 5) is 18.6. The van der Waals surface area contributed by atoms with Crippen LogP contribution in [0.4, 0.5) is 0 Å². The Hall–Kier alpha value is -1.56. The van der Waals surface area contributed by atoms with Crippen molar-refractivity contribution in [3.05, 3.63) is 21.9 Å². The maximum atomic E-state index is 11.7. The summed E-state index contributed by atoms with van der Waals surface area (Å²) in [5.74, 6) is 0.805. The zero-order valence-electron chi connectivity index (χ0n) is 14.2. The summed E-state index contributed by atoms with van der Waals surface area (Å²) in [5.41, 5.74) is -0.351. The first-order valence-electron chi connectivity index (χ1n) is 7.67. The van der Waals surface area contributed by atoms with Crippen LogP contribution in [-0.2, 0) is 17.8 Å². The van der Waals surface area contributed by atoms with Crippen LogP contribution in [-0.4, -0.2) is 32.0 Å². The van der Waals surface area contributed by atoms with Crippen molar-refractivity contribution in [1.29, 1.82) is 0 Å². The van der Waals surface area contributed by atoms with Crippen molar-refractivity contribution >= 4 is 23.2 Å². The number of hydrogen-bond acceptors (Lipinski definition) is 3. The van der Waals surface area contributed by atoms with Gasteiger partial charge in [0.2, 0.25) is 5.91 Å². The molecule has 22 heavy (non-hydrogen) atoms. The van der Waals surface area contributed by atoms with Crippen LogP contribution in [0.3, 0.4) is 0 Å². The summed E-state index contributed by atoms with van der Waals surface area (Å²) < 4.78 is 0. The Labute approximate surface area is 137 Å². The first-order valence-corrected chi connectivity index (χ1v) is 8.49. The summed E-state index contributed by atoms with van der Waals surface area (Å²) in [6.45, 7) is 9.86. The van der Waals surface area contributed by atoms with E-state index in [-0.39, 0.29) is 11.3 Å². The average molecular weight is 324 g/mol. The van der Waals surface area contributed by atoms with Crippen molar-refractivity contribution in [3.63, 3.8) is 0 Å². The first-order chi connectivity index (χ1) is 10.4. The summed E-state index contributed by atoms with van der Waals surface area (Å²) in [6.07, 6.45) is 1.07. The molecule has 0 fully saturated rings. The summed E-state index contributed by atoms with van der Waals surface area (Å²) >= 11 is 1.82. The summed E-state index contributed by atoms with van der Waals surface area (Å²) in [7, 11) is 1.75. The standard InChI is InChI=1S/C16H28N4OS/c1-6-12-7-8-13(22-12)11-20-15(17-5)19-10-9-18-14(21)16(2,3)4/h7-8H,6,9-11H2,1-5H3,(H,18,21)(H2,17,19,20). The second-order valence-electron chi connectivity index (χ2n) is 6.08. The van der Waals surface area contributed by atoms with E-state index in [2.05, 4.69) is 40.0 Å².